The first-order valence-electron chi connectivity index (χ1n) is 8.02. The van der Waals surface area contributed by atoms with Gasteiger partial charge < -0.3 is 15.2 Å². The summed E-state index contributed by atoms with van der Waals surface area (Å²) in [6.45, 7) is -0.190. The quantitative estimate of drug-likeness (QED) is 0.686. The molecule has 1 amide bonds. The number of hydrogen-bond acceptors (Lipinski definition) is 4. The molecule has 0 atom stereocenters. The van der Waals surface area contributed by atoms with Gasteiger partial charge in [-0.1, -0.05) is 18.2 Å². The first-order valence-corrected chi connectivity index (χ1v) is 8.02. The smallest absolute Gasteiger partial charge is 0.421 e. The van der Waals surface area contributed by atoms with Gasteiger partial charge in [0.1, 0.15) is 12.2 Å². The van der Waals surface area contributed by atoms with Crippen molar-refractivity contribution < 1.29 is 32.6 Å². The second-order valence-corrected chi connectivity index (χ2v) is 5.51. The minimum atomic E-state index is -4.58. The van der Waals surface area contributed by atoms with Crippen molar-refractivity contribution in [1.82, 2.24) is 10.3 Å². The zero-order chi connectivity index (χ0) is 19.9. The molecule has 1 aromatic carbocycles. The Kier molecular flexibility index (Phi) is 6.75. The molecule has 144 valence electrons. The van der Waals surface area contributed by atoms with Gasteiger partial charge in [0.25, 0.3) is 0 Å². The maximum atomic E-state index is 12.8. The average Bonchev–Trinajstić information content (AvgIpc) is 2.63. The van der Waals surface area contributed by atoms with Crippen molar-refractivity contribution >= 4 is 11.9 Å². The van der Waals surface area contributed by atoms with Crippen LogP contribution in [0.1, 0.15) is 27.9 Å². The first-order chi connectivity index (χ1) is 12.8. The minimum absolute atomic E-state index is 0.00666. The number of nitrogens with zero attached hydrogens (tertiary/aromatic N) is 1. The largest absolute Gasteiger partial charge is 0.478 e. The molecule has 0 saturated heterocycles. The second kappa shape index (κ2) is 9.02. The van der Waals surface area contributed by atoms with Gasteiger partial charge >= 0.3 is 12.1 Å². The number of carbonyl (C=O) groups excluding carboxylic acids is 1. The Morgan fingerprint density at radius 2 is 1.89 bits per heavy atom. The van der Waals surface area contributed by atoms with Crippen LogP contribution in [0, 0.1) is 0 Å². The minimum Gasteiger partial charge on any atom is -0.478 e. The molecule has 6 nitrogen and oxygen atoms in total. The Hall–Kier alpha value is -3.10. The van der Waals surface area contributed by atoms with Crippen molar-refractivity contribution in [3.05, 3.63) is 59.3 Å². The summed E-state index contributed by atoms with van der Waals surface area (Å²) in [4.78, 5) is 26.5. The second-order valence-electron chi connectivity index (χ2n) is 5.51. The van der Waals surface area contributed by atoms with Crippen LogP contribution >= 0.6 is 0 Å². The average molecular weight is 382 g/mol. The normalized spacial score (nSPS) is 11.1. The van der Waals surface area contributed by atoms with Gasteiger partial charge in [-0.15, -0.1) is 0 Å². The number of aryl methyl sites for hydroxylation is 1. The summed E-state index contributed by atoms with van der Waals surface area (Å²) >= 11 is 0. The van der Waals surface area contributed by atoms with E-state index < -0.39 is 23.6 Å². The number of aromatic carboxylic acids is 1. The van der Waals surface area contributed by atoms with Crippen LogP contribution in [-0.4, -0.2) is 35.1 Å². The number of aromatic nitrogens is 1. The summed E-state index contributed by atoms with van der Waals surface area (Å²) in [6, 6.07) is 8.37. The van der Waals surface area contributed by atoms with Gasteiger partial charge in [-0.05, 0) is 30.2 Å². The van der Waals surface area contributed by atoms with Crippen molar-refractivity contribution in [2.24, 2.45) is 0 Å². The van der Waals surface area contributed by atoms with E-state index in [0.29, 0.717) is 5.56 Å². The van der Waals surface area contributed by atoms with Crippen LogP contribution in [0.5, 0.6) is 5.88 Å². The number of benzene rings is 1. The number of carboxylic acids is 1. The standard InChI is InChI=1S/C18H17F3N2O4/c19-18(20,21)14-6-3-9-23-16(14)27-11-10-22-15(24)8-7-12-4-1-2-5-13(12)17(25)26/h1-6,9H,7-8,10-11H2,(H,22,24)(H,25,26). The third kappa shape index (κ3) is 5.98. The van der Waals surface area contributed by atoms with Gasteiger partial charge in [0.15, 0.2) is 0 Å². The maximum Gasteiger partial charge on any atom is 0.421 e. The van der Waals surface area contributed by atoms with Crippen LogP contribution < -0.4 is 10.1 Å². The fourth-order valence-corrected chi connectivity index (χ4v) is 2.34. The molecule has 0 radical (unpaired) electrons. The number of rotatable bonds is 8. The van der Waals surface area contributed by atoms with Gasteiger partial charge in [-0.2, -0.15) is 13.2 Å². The van der Waals surface area contributed by atoms with Gasteiger partial charge in [0, 0.05) is 12.6 Å². The van der Waals surface area contributed by atoms with E-state index in [-0.39, 0.29) is 37.5 Å². The van der Waals surface area contributed by atoms with Crippen LogP contribution in [0.3, 0.4) is 0 Å². The lowest BCUT2D eigenvalue weighted by Crippen LogP contribution is -2.28. The predicted octanol–water partition coefficient (Wildman–Crippen LogP) is 2.93. The van der Waals surface area contributed by atoms with E-state index >= 15 is 0 Å². The highest BCUT2D eigenvalue weighted by molar-refractivity contribution is 5.89. The topological polar surface area (TPSA) is 88.5 Å². The van der Waals surface area contributed by atoms with Crippen molar-refractivity contribution in [1.29, 1.82) is 0 Å². The zero-order valence-corrected chi connectivity index (χ0v) is 14.1. The van der Waals surface area contributed by atoms with Gasteiger partial charge in [0.2, 0.25) is 11.8 Å². The molecule has 0 fully saturated rings. The van der Waals surface area contributed by atoms with Gasteiger partial charge in [-0.3, -0.25) is 4.79 Å². The van der Waals surface area contributed by atoms with E-state index in [1.54, 1.807) is 18.2 Å². The molecule has 1 heterocycles. The van der Waals surface area contributed by atoms with Crippen LogP contribution in [0.15, 0.2) is 42.6 Å². The number of hydrogen-bond donors (Lipinski definition) is 2. The third-order valence-corrected chi connectivity index (χ3v) is 3.61. The maximum absolute atomic E-state index is 12.8. The fourth-order valence-electron chi connectivity index (χ4n) is 2.34. The van der Waals surface area contributed by atoms with Crippen LogP contribution in [-0.2, 0) is 17.4 Å². The van der Waals surface area contributed by atoms with E-state index in [1.807, 2.05) is 0 Å². The number of alkyl halides is 3. The lowest BCUT2D eigenvalue weighted by molar-refractivity contribution is -0.139. The van der Waals surface area contributed by atoms with Crippen LogP contribution in [0.4, 0.5) is 13.2 Å². The highest BCUT2D eigenvalue weighted by Gasteiger charge is 2.34. The van der Waals surface area contributed by atoms with Crippen LogP contribution in [0.2, 0.25) is 0 Å². The van der Waals surface area contributed by atoms with E-state index in [0.717, 1.165) is 12.1 Å². The van der Waals surface area contributed by atoms with Gasteiger partial charge in [0.05, 0.1) is 12.1 Å². The Morgan fingerprint density at radius 3 is 2.59 bits per heavy atom. The summed E-state index contributed by atoms with van der Waals surface area (Å²) in [6.07, 6.45) is -3.12. The first kappa shape index (κ1) is 20.2. The van der Waals surface area contributed by atoms with E-state index in [4.69, 9.17) is 9.84 Å². The zero-order valence-electron chi connectivity index (χ0n) is 14.1. The molecule has 0 spiro atoms. The Labute approximate surface area is 153 Å². The lowest BCUT2D eigenvalue weighted by atomic mass is 10.0. The summed E-state index contributed by atoms with van der Waals surface area (Å²) in [5.41, 5.74) is -0.329. The number of carboxylic acid groups (broad SMARTS) is 1. The van der Waals surface area contributed by atoms with Crippen LogP contribution in [0.25, 0.3) is 0 Å². The number of pyridine rings is 1. The molecule has 9 heteroatoms. The van der Waals surface area contributed by atoms with Crippen molar-refractivity contribution in [2.75, 3.05) is 13.2 Å². The summed E-state index contributed by atoms with van der Waals surface area (Å²) in [5.74, 6) is -1.99. The predicted molar refractivity (Wildman–Crippen MR) is 89.5 cm³/mol. The Morgan fingerprint density at radius 1 is 1.15 bits per heavy atom. The number of nitrogens with one attached hydrogen (secondary N) is 1. The van der Waals surface area contributed by atoms with E-state index in [1.165, 1.54) is 12.3 Å². The molecule has 0 saturated carbocycles. The molecule has 2 rings (SSSR count). The molecule has 2 aromatic rings. The molecule has 0 aliphatic rings. The molecule has 0 aliphatic heterocycles. The van der Waals surface area contributed by atoms with E-state index in [9.17, 15) is 22.8 Å². The molecule has 0 aliphatic carbocycles. The number of carbonyl (C=O) groups is 2. The molecule has 0 bridgehead atoms. The van der Waals surface area contributed by atoms with Crippen molar-refractivity contribution in [3.63, 3.8) is 0 Å². The summed E-state index contributed by atoms with van der Waals surface area (Å²) in [5, 5.41) is 11.6. The van der Waals surface area contributed by atoms with Gasteiger partial charge in [-0.25, -0.2) is 9.78 Å². The summed E-state index contributed by atoms with van der Waals surface area (Å²) < 4.78 is 43.4. The third-order valence-electron chi connectivity index (χ3n) is 3.61. The molecular weight excluding hydrogens is 365 g/mol. The monoisotopic (exact) mass is 382 g/mol. The van der Waals surface area contributed by atoms with Crippen molar-refractivity contribution in [3.8, 4) is 5.88 Å². The Bertz CT molecular complexity index is 809. The highest BCUT2D eigenvalue weighted by Crippen LogP contribution is 2.34. The number of ether oxygens (including phenoxy) is 1. The Balaban J connectivity index is 1.79. The highest BCUT2D eigenvalue weighted by atomic mass is 19.4. The molecular formula is C18H17F3N2O4. The molecule has 0 unspecified atom stereocenters. The summed E-state index contributed by atoms with van der Waals surface area (Å²) in [7, 11) is 0. The van der Waals surface area contributed by atoms with Crippen molar-refractivity contribution in [2.45, 2.75) is 19.0 Å². The number of amides is 1. The lowest BCUT2D eigenvalue weighted by Gasteiger charge is -2.12. The number of halogens is 3. The molecule has 27 heavy (non-hydrogen) atoms. The van der Waals surface area contributed by atoms with E-state index in [2.05, 4.69) is 10.3 Å². The fraction of sp³-hybridized carbons (Fsp3) is 0.278. The SMILES string of the molecule is O=C(CCc1ccccc1C(=O)O)NCCOc1ncccc1C(F)(F)F. The molecule has 2 N–H and O–H groups in total. The molecule has 1 aromatic heterocycles.